The number of benzene rings is 3. The topological polar surface area (TPSA) is 64.6 Å². The molecule has 0 aromatic heterocycles. The van der Waals surface area contributed by atoms with Gasteiger partial charge in [-0.3, -0.25) is 4.72 Å². The molecule has 0 aliphatic rings. The number of hydrogen-bond donors (Lipinski definition) is 1. The number of hydrogen-bond acceptors (Lipinski definition) is 4. The average Bonchev–Trinajstić information content (AvgIpc) is 2.69. The van der Waals surface area contributed by atoms with Crippen molar-refractivity contribution >= 4 is 21.8 Å². The molecule has 1 N–H and O–H groups in total. The standard InChI is InChI=1S/C21H19NO4S/c1-25-20-9-5-6-10-21(20)26-19-13-11-18(12-14-19)22-27(23,24)16-15-17-7-3-2-4-8-17/h2-16,22H,1H3. The van der Waals surface area contributed by atoms with Gasteiger partial charge in [0.1, 0.15) is 5.75 Å². The van der Waals surface area contributed by atoms with Crippen molar-refractivity contribution in [3.63, 3.8) is 0 Å². The summed E-state index contributed by atoms with van der Waals surface area (Å²) in [7, 11) is -2.03. The Kier molecular flexibility index (Phi) is 5.78. The van der Waals surface area contributed by atoms with Gasteiger partial charge in [-0.25, -0.2) is 8.42 Å². The van der Waals surface area contributed by atoms with Crippen molar-refractivity contribution in [3.8, 4) is 17.2 Å². The lowest BCUT2D eigenvalue weighted by molar-refractivity contribution is 0.379. The number of nitrogens with one attached hydrogen (secondary N) is 1. The van der Waals surface area contributed by atoms with Crippen LogP contribution in [0.3, 0.4) is 0 Å². The molecule has 0 atom stereocenters. The lowest BCUT2D eigenvalue weighted by Crippen LogP contribution is -2.08. The van der Waals surface area contributed by atoms with Crippen LogP contribution in [0.15, 0.2) is 84.3 Å². The van der Waals surface area contributed by atoms with Crippen LogP contribution in [0.2, 0.25) is 0 Å². The van der Waals surface area contributed by atoms with Crippen LogP contribution in [-0.4, -0.2) is 15.5 Å². The fraction of sp³-hybridized carbons (Fsp3) is 0.0476. The van der Waals surface area contributed by atoms with Gasteiger partial charge >= 0.3 is 0 Å². The second-order valence-electron chi connectivity index (χ2n) is 5.64. The highest BCUT2D eigenvalue weighted by Crippen LogP contribution is 2.31. The van der Waals surface area contributed by atoms with Crippen LogP contribution >= 0.6 is 0 Å². The maximum absolute atomic E-state index is 12.2. The number of ether oxygens (including phenoxy) is 2. The third-order valence-electron chi connectivity index (χ3n) is 3.65. The smallest absolute Gasteiger partial charge is 0.255 e. The Balaban J connectivity index is 1.67. The summed E-state index contributed by atoms with van der Waals surface area (Å²) in [6, 6.07) is 23.2. The third kappa shape index (κ3) is 5.36. The first kappa shape index (κ1) is 18.5. The zero-order valence-electron chi connectivity index (χ0n) is 14.7. The summed E-state index contributed by atoms with van der Waals surface area (Å²) in [5, 5.41) is 1.14. The maximum Gasteiger partial charge on any atom is 0.255 e. The molecular formula is C21H19NO4S. The highest BCUT2D eigenvalue weighted by atomic mass is 32.2. The molecule has 0 heterocycles. The van der Waals surface area contributed by atoms with Crippen molar-refractivity contribution in [1.82, 2.24) is 0 Å². The minimum atomic E-state index is -3.61. The second-order valence-corrected chi connectivity index (χ2v) is 7.20. The average molecular weight is 381 g/mol. The minimum absolute atomic E-state index is 0.445. The quantitative estimate of drug-likeness (QED) is 0.632. The lowest BCUT2D eigenvalue weighted by atomic mass is 10.2. The molecule has 138 valence electrons. The van der Waals surface area contributed by atoms with Gasteiger partial charge in [0, 0.05) is 5.69 Å². The highest BCUT2D eigenvalue weighted by molar-refractivity contribution is 7.95. The van der Waals surface area contributed by atoms with Gasteiger partial charge in [-0.1, -0.05) is 42.5 Å². The molecule has 0 unspecified atom stereocenters. The van der Waals surface area contributed by atoms with E-state index in [1.165, 1.54) is 0 Å². The number of para-hydroxylation sites is 2. The van der Waals surface area contributed by atoms with Crippen LogP contribution in [-0.2, 0) is 10.0 Å². The molecule has 6 heteroatoms. The van der Waals surface area contributed by atoms with Crippen LogP contribution in [0.25, 0.3) is 6.08 Å². The molecule has 0 spiro atoms. The Hall–Kier alpha value is -3.25. The van der Waals surface area contributed by atoms with Crippen molar-refractivity contribution in [1.29, 1.82) is 0 Å². The van der Waals surface area contributed by atoms with E-state index >= 15 is 0 Å². The third-order valence-corrected chi connectivity index (χ3v) is 4.67. The van der Waals surface area contributed by atoms with Crippen LogP contribution in [0.4, 0.5) is 5.69 Å². The Morgan fingerprint density at radius 2 is 1.44 bits per heavy atom. The van der Waals surface area contributed by atoms with Crippen LogP contribution < -0.4 is 14.2 Å². The molecule has 3 aromatic rings. The van der Waals surface area contributed by atoms with Gasteiger partial charge in [0.25, 0.3) is 10.0 Å². The maximum atomic E-state index is 12.2. The number of anilines is 1. The fourth-order valence-corrected chi connectivity index (χ4v) is 3.22. The monoisotopic (exact) mass is 381 g/mol. The van der Waals surface area contributed by atoms with Crippen molar-refractivity contribution in [2.75, 3.05) is 11.8 Å². The van der Waals surface area contributed by atoms with Crippen molar-refractivity contribution in [3.05, 3.63) is 89.8 Å². The Morgan fingerprint density at radius 1 is 0.815 bits per heavy atom. The highest BCUT2D eigenvalue weighted by Gasteiger charge is 2.07. The van der Waals surface area contributed by atoms with Gasteiger partial charge in [-0.15, -0.1) is 0 Å². The van der Waals surface area contributed by atoms with E-state index in [2.05, 4.69) is 4.72 Å². The van der Waals surface area contributed by atoms with E-state index in [-0.39, 0.29) is 0 Å². The predicted molar refractivity (Wildman–Crippen MR) is 108 cm³/mol. The molecule has 0 amide bonds. The summed E-state index contributed by atoms with van der Waals surface area (Å²) in [5.74, 6) is 1.77. The van der Waals surface area contributed by atoms with Gasteiger partial charge in [0.05, 0.1) is 12.5 Å². The first-order valence-corrected chi connectivity index (χ1v) is 9.77. The molecule has 27 heavy (non-hydrogen) atoms. The van der Waals surface area contributed by atoms with Crippen LogP contribution in [0, 0.1) is 0 Å². The van der Waals surface area contributed by atoms with E-state index in [0.717, 1.165) is 11.0 Å². The molecular weight excluding hydrogens is 362 g/mol. The molecule has 5 nitrogen and oxygen atoms in total. The molecule has 0 fully saturated rings. The molecule has 0 saturated carbocycles. The van der Waals surface area contributed by atoms with Gasteiger partial charge < -0.3 is 9.47 Å². The number of rotatable bonds is 7. The predicted octanol–water partition coefficient (Wildman–Crippen LogP) is 4.90. The summed E-state index contributed by atoms with van der Waals surface area (Å²) in [6.07, 6.45) is 1.54. The number of methoxy groups -OCH3 is 1. The van der Waals surface area contributed by atoms with E-state index < -0.39 is 10.0 Å². The van der Waals surface area contributed by atoms with Gasteiger partial charge in [0.2, 0.25) is 0 Å². The second kappa shape index (κ2) is 8.42. The first-order valence-electron chi connectivity index (χ1n) is 8.23. The van der Waals surface area contributed by atoms with Crippen LogP contribution in [0.5, 0.6) is 17.2 Å². The SMILES string of the molecule is COc1ccccc1Oc1ccc(NS(=O)(=O)C=Cc2ccccc2)cc1. The Bertz CT molecular complexity index is 1010. The summed E-state index contributed by atoms with van der Waals surface area (Å²) < 4.78 is 37.9. The van der Waals surface area contributed by atoms with Crippen molar-refractivity contribution < 1.29 is 17.9 Å². The minimum Gasteiger partial charge on any atom is -0.493 e. The summed E-state index contributed by atoms with van der Waals surface area (Å²) in [5.41, 5.74) is 1.25. The van der Waals surface area contributed by atoms with E-state index in [1.807, 2.05) is 42.5 Å². The molecule has 3 aromatic carbocycles. The lowest BCUT2D eigenvalue weighted by Gasteiger charge is -2.10. The van der Waals surface area contributed by atoms with E-state index in [4.69, 9.17) is 9.47 Å². The molecule has 3 rings (SSSR count). The Labute approximate surface area is 158 Å². The zero-order valence-corrected chi connectivity index (χ0v) is 15.5. The summed E-state index contributed by atoms with van der Waals surface area (Å²) in [6.45, 7) is 0. The zero-order chi connectivity index (χ0) is 19.1. The summed E-state index contributed by atoms with van der Waals surface area (Å²) in [4.78, 5) is 0. The summed E-state index contributed by atoms with van der Waals surface area (Å²) >= 11 is 0. The normalized spacial score (nSPS) is 11.3. The van der Waals surface area contributed by atoms with E-state index in [9.17, 15) is 8.42 Å². The van der Waals surface area contributed by atoms with Crippen LogP contribution in [0.1, 0.15) is 5.56 Å². The fourth-order valence-electron chi connectivity index (χ4n) is 2.35. The Morgan fingerprint density at radius 3 is 2.11 bits per heavy atom. The van der Waals surface area contributed by atoms with Crippen molar-refractivity contribution in [2.45, 2.75) is 0 Å². The largest absolute Gasteiger partial charge is 0.493 e. The molecule has 0 aliphatic heterocycles. The molecule has 0 bridgehead atoms. The van der Waals surface area contributed by atoms with Gasteiger partial charge in [-0.05, 0) is 48.0 Å². The number of sulfonamides is 1. The van der Waals surface area contributed by atoms with E-state index in [0.29, 0.717) is 22.9 Å². The molecule has 0 aliphatic carbocycles. The van der Waals surface area contributed by atoms with E-state index in [1.54, 1.807) is 49.6 Å². The van der Waals surface area contributed by atoms with Crippen molar-refractivity contribution in [2.24, 2.45) is 0 Å². The molecule has 0 saturated heterocycles. The van der Waals surface area contributed by atoms with Gasteiger partial charge in [-0.2, -0.15) is 0 Å². The first-order chi connectivity index (χ1) is 13.1. The molecule has 0 radical (unpaired) electrons. The van der Waals surface area contributed by atoms with Gasteiger partial charge in [0.15, 0.2) is 11.5 Å².